The van der Waals surface area contributed by atoms with Crippen LogP contribution in [0.5, 0.6) is 0 Å². The fourth-order valence-corrected chi connectivity index (χ4v) is 1.47. The van der Waals surface area contributed by atoms with E-state index in [-0.39, 0.29) is 12.5 Å². The molecule has 0 saturated carbocycles. The van der Waals surface area contributed by atoms with Crippen LogP contribution in [0.2, 0.25) is 0 Å². The van der Waals surface area contributed by atoms with E-state index < -0.39 is 12.0 Å². The van der Waals surface area contributed by atoms with E-state index in [2.05, 4.69) is 10.3 Å². The molecule has 0 bridgehead atoms. The molecule has 1 unspecified atom stereocenters. The van der Waals surface area contributed by atoms with E-state index >= 15 is 0 Å². The minimum atomic E-state index is -0.931. The van der Waals surface area contributed by atoms with Crippen molar-refractivity contribution in [3.8, 4) is 0 Å². The predicted octanol–water partition coefficient (Wildman–Crippen LogP) is 1.09. The van der Waals surface area contributed by atoms with Crippen molar-refractivity contribution in [3.63, 3.8) is 0 Å². The molecule has 0 fully saturated rings. The number of carboxylic acid groups (broad SMARTS) is 1. The average Bonchev–Trinajstić information content (AvgIpc) is 2.28. The second-order valence-corrected chi connectivity index (χ2v) is 4.16. The summed E-state index contributed by atoms with van der Waals surface area (Å²) in [7, 11) is 1.66. The molecular weight excluding hydrogens is 234 g/mol. The molecule has 0 aliphatic heterocycles. The van der Waals surface area contributed by atoms with Gasteiger partial charge in [-0.3, -0.25) is 9.78 Å². The Balaban J connectivity index is 2.44. The average molecular weight is 251 g/mol. The van der Waals surface area contributed by atoms with Gasteiger partial charge in [0.2, 0.25) is 0 Å². The molecule has 0 radical (unpaired) electrons. The molecule has 0 aliphatic rings. The molecular formula is C12H17N3O3. The van der Waals surface area contributed by atoms with Crippen molar-refractivity contribution in [1.82, 2.24) is 15.2 Å². The molecule has 2 amide bonds. The summed E-state index contributed by atoms with van der Waals surface area (Å²) >= 11 is 0. The Morgan fingerprint density at radius 2 is 2.06 bits per heavy atom. The summed E-state index contributed by atoms with van der Waals surface area (Å²) in [4.78, 5) is 27.6. The quantitative estimate of drug-likeness (QED) is 0.820. The maximum absolute atomic E-state index is 11.7. The molecule has 1 atom stereocenters. The highest BCUT2D eigenvalue weighted by atomic mass is 16.4. The Labute approximate surface area is 106 Å². The van der Waals surface area contributed by atoms with E-state index in [1.54, 1.807) is 26.4 Å². The number of amides is 2. The summed E-state index contributed by atoms with van der Waals surface area (Å²) < 4.78 is 0. The van der Waals surface area contributed by atoms with Gasteiger partial charge in [0.15, 0.2) is 0 Å². The fraction of sp³-hybridized carbons (Fsp3) is 0.417. The molecule has 0 aliphatic carbocycles. The number of urea groups is 1. The van der Waals surface area contributed by atoms with Gasteiger partial charge in [0, 0.05) is 32.0 Å². The van der Waals surface area contributed by atoms with E-state index in [4.69, 9.17) is 5.11 Å². The number of nitrogens with one attached hydrogen (secondary N) is 1. The van der Waals surface area contributed by atoms with Gasteiger partial charge in [0.05, 0.1) is 6.42 Å². The van der Waals surface area contributed by atoms with Crippen LogP contribution >= 0.6 is 0 Å². The van der Waals surface area contributed by atoms with E-state index in [1.165, 1.54) is 4.90 Å². The first-order chi connectivity index (χ1) is 8.49. The minimum Gasteiger partial charge on any atom is -0.481 e. The van der Waals surface area contributed by atoms with Crippen LogP contribution in [0.25, 0.3) is 0 Å². The third-order valence-electron chi connectivity index (χ3n) is 2.37. The third-order valence-corrected chi connectivity index (χ3v) is 2.37. The number of carbonyl (C=O) groups is 2. The van der Waals surface area contributed by atoms with Crippen LogP contribution in [-0.4, -0.2) is 40.1 Å². The fourth-order valence-electron chi connectivity index (χ4n) is 1.47. The van der Waals surface area contributed by atoms with Crippen molar-refractivity contribution in [2.45, 2.75) is 25.9 Å². The molecule has 18 heavy (non-hydrogen) atoms. The lowest BCUT2D eigenvalue weighted by molar-refractivity contribution is -0.137. The van der Waals surface area contributed by atoms with Gasteiger partial charge in [-0.2, -0.15) is 0 Å². The van der Waals surface area contributed by atoms with Crippen LogP contribution in [0.3, 0.4) is 0 Å². The van der Waals surface area contributed by atoms with Crippen molar-refractivity contribution in [3.05, 3.63) is 30.1 Å². The number of aliphatic carboxylic acids is 1. The Morgan fingerprint density at radius 1 is 1.44 bits per heavy atom. The molecule has 0 aromatic carbocycles. The Morgan fingerprint density at radius 3 is 2.61 bits per heavy atom. The van der Waals surface area contributed by atoms with E-state index in [1.807, 2.05) is 12.1 Å². The van der Waals surface area contributed by atoms with Crippen LogP contribution in [-0.2, 0) is 11.3 Å². The van der Waals surface area contributed by atoms with Crippen molar-refractivity contribution in [1.29, 1.82) is 0 Å². The second kappa shape index (κ2) is 6.58. The number of aromatic nitrogens is 1. The highest BCUT2D eigenvalue weighted by molar-refractivity contribution is 5.75. The van der Waals surface area contributed by atoms with Crippen LogP contribution in [0, 0.1) is 0 Å². The minimum absolute atomic E-state index is 0.0885. The molecule has 1 rings (SSSR count). The van der Waals surface area contributed by atoms with Crippen molar-refractivity contribution >= 4 is 12.0 Å². The molecule has 1 aromatic heterocycles. The highest BCUT2D eigenvalue weighted by Crippen LogP contribution is 2.02. The summed E-state index contributed by atoms with van der Waals surface area (Å²) in [6, 6.07) is 2.96. The lowest BCUT2D eigenvalue weighted by Crippen LogP contribution is -2.42. The van der Waals surface area contributed by atoms with Crippen LogP contribution < -0.4 is 5.32 Å². The molecule has 0 saturated heterocycles. The molecule has 0 spiro atoms. The Kier molecular flexibility index (Phi) is 5.10. The van der Waals surface area contributed by atoms with Gasteiger partial charge in [-0.1, -0.05) is 0 Å². The third kappa shape index (κ3) is 4.82. The van der Waals surface area contributed by atoms with Gasteiger partial charge in [-0.05, 0) is 24.6 Å². The first-order valence-corrected chi connectivity index (χ1v) is 5.61. The van der Waals surface area contributed by atoms with Gasteiger partial charge in [-0.25, -0.2) is 4.79 Å². The van der Waals surface area contributed by atoms with Gasteiger partial charge < -0.3 is 15.3 Å². The lowest BCUT2D eigenvalue weighted by Gasteiger charge is -2.20. The first kappa shape index (κ1) is 14.0. The summed E-state index contributed by atoms with van der Waals surface area (Å²) in [5.41, 5.74) is 0.966. The van der Waals surface area contributed by atoms with Gasteiger partial charge in [0.1, 0.15) is 0 Å². The SMILES string of the molecule is CC(CC(=O)O)NC(=O)N(C)Cc1ccncc1. The zero-order valence-corrected chi connectivity index (χ0v) is 10.5. The Bertz CT molecular complexity index is 408. The van der Waals surface area contributed by atoms with Crippen LogP contribution in [0.1, 0.15) is 18.9 Å². The molecule has 1 heterocycles. The molecule has 6 nitrogen and oxygen atoms in total. The summed E-state index contributed by atoms with van der Waals surface area (Å²) in [6.45, 7) is 2.11. The summed E-state index contributed by atoms with van der Waals surface area (Å²) in [6.07, 6.45) is 3.23. The van der Waals surface area contributed by atoms with Crippen molar-refractivity contribution in [2.75, 3.05) is 7.05 Å². The number of carboxylic acids is 1. The largest absolute Gasteiger partial charge is 0.481 e. The first-order valence-electron chi connectivity index (χ1n) is 5.61. The smallest absolute Gasteiger partial charge is 0.317 e. The second-order valence-electron chi connectivity index (χ2n) is 4.16. The molecule has 6 heteroatoms. The standard InChI is InChI=1S/C12H17N3O3/c1-9(7-11(16)17)14-12(18)15(2)8-10-3-5-13-6-4-10/h3-6,9H,7-8H2,1-2H3,(H,14,18)(H,16,17). The van der Waals surface area contributed by atoms with Gasteiger partial charge >= 0.3 is 12.0 Å². The zero-order valence-electron chi connectivity index (χ0n) is 10.5. The normalized spacial score (nSPS) is 11.7. The van der Waals surface area contributed by atoms with E-state index in [0.717, 1.165) is 5.56 Å². The maximum atomic E-state index is 11.7. The van der Waals surface area contributed by atoms with Crippen molar-refractivity contribution < 1.29 is 14.7 Å². The van der Waals surface area contributed by atoms with Gasteiger partial charge in [-0.15, -0.1) is 0 Å². The highest BCUT2D eigenvalue weighted by Gasteiger charge is 2.14. The lowest BCUT2D eigenvalue weighted by atomic mass is 10.2. The summed E-state index contributed by atoms with van der Waals surface area (Å²) in [5, 5.41) is 11.2. The number of rotatable bonds is 5. The number of hydrogen-bond donors (Lipinski definition) is 2. The van der Waals surface area contributed by atoms with Crippen LogP contribution in [0.15, 0.2) is 24.5 Å². The maximum Gasteiger partial charge on any atom is 0.317 e. The number of hydrogen-bond acceptors (Lipinski definition) is 3. The number of pyridine rings is 1. The summed E-state index contributed by atoms with van der Waals surface area (Å²) in [5.74, 6) is -0.931. The number of nitrogens with zero attached hydrogens (tertiary/aromatic N) is 2. The van der Waals surface area contributed by atoms with E-state index in [9.17, 15) is 9.59 Å². The molecule has 98 valence electrons. The molecule has 1 aromatic rings. The van der Waals surface area contributed by atoms with Crippen molar-refractivity contribution in [2.24, 2.45) is 0 Å². The predicted molar refractivity (Wildman–Crippen MR) is 66.0 cm³/mol. The molecule has 2 N–H and O–H groups in total. The van der Waals surface area contributed by atoms with E-state index in [0.29, 0.717) is 6.54 Å². The van der Waals surface area contributed by atoms with Crippen LogP contribution in [0.4, 0.5) is 4.79 Å². The Hall–Kier alpha value is -2.11. The number of carbonyl (C=O) groups excluding carboxylic acids is 1. The van der Waals surface area contributed by atoms with Gasteiger partial charge in [0.25, 0.3) is 0 Å². The zero-order chi connectivity index (χ0) is 13.5. The topological polar surface area (TPSA) is 82.5 Å². The monoisotopic (exact) mass is 251 g/mol.